The van der Waals surface area contributed by atoms with Crippen molar-refractivity contribution in [2.24, 2.45) is 0 Å². The molecule has 0 spiro atoms. The molecule has 5 nitrogen and oxygen atoms in total. The molecule has 1 saturated heterocycles. The second-order valence-corrected chi connectivity index (χ2v) is 7.55. The van der Waals surface area contributed by atoms with E-state index >= 15 is 0 Å². The van der Waals surface area contributed by atoms with Gasteiger partial charge < -0.3 is 15.0 Å². The van der Waals surface area contributed by atoms with Crippen molar-refractivity contribution in [3.63, 3.8) is 0 Å². The van der Waals surface area contributed by atoms with Crippen LogP contribution in [0.1, 0.15) is 24.8 Å². The van der Waals surface area contributed by atoms with Crippen LogP contribution in [0.4, 0.5) is 4.79 Å². The topological polar surface area (TPSA) is 44.8 Å². The van der Waals surface area contributed by atoms with Gasteiger partial charge in [0.05, 0.1) is 6.04 Å². The molecular weight excluding hydrogens is 346 g/mol. The van der Waals surface area contributed by atoms with Crippen molar-refractivity contribution in [3.05, 3.63) is 52.7 Å². The molecule has 1 aromatic heterocycles. The van der Waals surface area contributed by atoms with Crippen LogP contribution in [0, 0.1) is 0 Å². The molecule has 2 heterocycles. The molecule has 1 aliphatic rings. The maximum atomic E-state index is 12.3. The Morgan fingerprint density at radius 2 is 1.88 bits per heavy atom. The van der Waals surface area contributed by atoms with Crippen LogP contribution in [-0.2, 0) is 0 Å². The van der Waals surface area contributed by atoms with Crippen molar-refractivity contribution >= 4 is 17.4 Å². The zero-order valence-corrected chi connectivity index (χ0v) is 16.2. The number of carbonyl (C=O) groups is 1. The average molecular weight is 374 g/mol. The summed E-state index contributed by atoms with van der Waals surface area (Å²) in [6.45, 7) is 9.51. The van der Waals surface area contributed by atoms with Crippen LogP contribution >= 0.6 is 11.3 Å². The normalized spacial score (nSPS) is 18.2. The zero-order chi connectivity index (χ0) is 18.4. The lowest BCUT2D eigenvalue weighted by molar-refractivity contribution is 0.0845. The lowest BCUT2D eigenvalue weighted by Crippen LogP contribution is -2.52. The van der Waals surface area contributed by atoms with E-state index < -0.39 is 6.09 Å². The van der Waals surface area contributed by atoms with Gasteiger partial charge in [-0.1, -0.05) is 31.2 Å². The minimum Gasteiger partial charge on any atom is -0.410 e. The Bertz CT molecular complexity index is 670. The molecular formula is C20H27N3O2S. The summed E-state index contributed by atoms with van der Waals surface area (Å²) in [6, 6.07) is 13.5. The highest BCUT2D eigenvalue weighted by molar-refractivity contribution is 7.10. The molecule has 0 aliphatic carbocycles. The average Bonchev–Trinajstić information content (AvgIpc) is 3.17. The Balaban J connectivity index is 1.65. The highest BCUT2D eigenvalue weighted by atomic mass is 32.1. The fourth-order valence-corrected chi connectivity index (χ4v) is 4.41. The summed E-state index contributed by atoms with van der Waals surface area (Å²) in [5, 5.41) is 5.13. The van der Waals surface area contributed by atoms with Crippen LogP contribution in [0.15, 0.2) is 47.8 Å². The predicted molar refractivity (Wildman–Crippen MR) is 106 cm³/mol. The molecule has 0 saturated carbocycles. The van der Waals surface area contributed by atoms with E-state index in [1.54, 1.807) is 23.5 Å². The maximum Gasteiger partial charge on any atom is 0.412 e. The van der Waals surface area contributed by atoms with Crippen LogP contribution in [0.5, 0.6) is 5.75 Å². The second kappa shape index (κ2) is 9.16. The van der Waals surface area contributed by atoms with E-state index in [2.05, 4.69) is 46.5 Å². The fourth-order valence-electron chi connectivity index (χ4n) is 3.45. The first-order valence-electron chi connectivity index (χ1n) is 9.20. The molecule has 0 unspecified atom stereocenters. The third kappa shape index (κ3) is 4.84. The van der Waals surface area contributed by atoms with Gasteiger partial charge in [-0.3, -0.25) is 4.90 Å². The van der Waals surface area contributed by atoms with Gasteiger partial charge in [0.15, 0.2) is 0 Å². The summed E-state index contributed by atoms with van der Waals surface area (Å²) in [6.07, 6.45) is -0.405. The molecule has 1 N–H and O–H groups in total. The van der Waals surface area contributed by atoms with Crippen molar-refractivity contribution in [2.75, 3.05) is 32.7 Å². The first-order valence-corrected chi connectivity index (χ1v) is 10.1. The molecule has 2 aromatic rings. The standard InChI is InChI=1S/C20H27N3O2S/c1-3-22-11-13-23(14-12-22)19(18-10-7-15-26-18)16(2)21-20(24)25-17-8-5-4-6-9-17/h4-10,15-16,19H,3,11-14H2,1-2H3,(H,21,24)/t16-,19+/m0/s1. The quantitative estimate of drug-likeness (QED) is 0.840. The zero-order valence-electron chi connectivity index (χ0n) is 15.4. The molecule has 1 fully saturated rings. The van der Waals surface area contributed by atoms with Crippen molar-refractivity contribution in [1.29, 1.82) is 0 Å². The molecule has 26 heavy (non-hydrogen) atoms. The van der Waals surface area contributed by atoms with Crippen molar-refractivity contribution < 1.29 is 9.53 Å². The largest absolute Gasteiger partial charge is 0.412 e. The lowest BCUT2D eigenvalue weighted by Gasteiger charge is -2.41. The minimum absolute atomic E-state index is 0.0435. The lowest BCUT2D eigenvalue weighted by atomic mass is 10.1. The maximum absolute atomic E-state index is 12.3. The third-order valence-corrected chi connectivity index (χ3v) is 5.80. The van der Waals surface area contributed by atoms with E-state index in [4.69, 9.17) is 4.74 Å². The summed E-state index contributed by atoms with van der Waals surface area (Å²) >= 11 is 1.74. The summed E-state index contributed by atoms with van der Waals surface area (Å²) in [4.78, 5) is 18.5. The summed E-state index contributed by atoms with van der Waals surface area (Å²) in [7, 11) is 0. The van der Waals surface area contributed by atoms with E-state index in [1.807, 2.05) is 18.2 Å². The fraction of sp³-hybridized carbons (Fsp3) is 0.450. The van der Waals surface area contributed by atoms with E-state index in [0.29, 0.717) is 5.75 Å². The molecule has 2 atom stereocenters. The van der Waals surface area contributed by atoms with E-state index in [1.165, 1.54) is 4.88 Å². The minimum atomic E-state index is -0.405. The molecule has 140 valence electrons. The van der Waals surface area contributed by atoms with Gasteiger partial charge in [0.1, 0.15) is 5.75 Å². The van der Waals surface area contributed by atoms with E-state index in [0.717, 1.165) is 32.7 Å². The molecule has 1 aromatic carbocycles. The van der Waals surface area contributed by atoms with Crippen LogP contribution in [0.25, 0.3) is 0 Å². The van der Waals surface area contributed by atoms with Crippen molar-refractivity contribution in [3.8, 4) is 5.75 Å². The molecule has 1 aliphatic heterocycles. The number of hydrogen-bond donors (Lipinski definition) is 1. The molecule has 0 radical (unpaired) electrons. The van der Waals surface area contributed by atoms with Gasteiger partial charge in [0.25, 0.3) is 0 Å². The number of nitrogens with one attached hydrogen (secondary N) is 1. The number of piperazine rings is 1. The molecule has 0 bridgehead atoms. The van der Waals surface area contributed by atoms with Crippen LogP contribution in [0.2, 0.25) is 0 Å². The van der Waals surface area contributed by atoms with Crippen molar-refractivity contribution in [1.82, 2.24) is 15.1 Å². The number of para-hydroxylation sites is 1. The van der Waals surface area contributed by atoms with Gasteiger partial charge >= 0.3 is 6.09 Å². The Morgan fingerprint density at radius 3 is 2.50 bits per heavy atom. The highest BCUT2D eigenvalue weighted by Crippen LogP contribution is 2.29. The molecule has 6 heteroatoms. The Kier molecular flexibility index (Phi) is 6.66. The molecule has 1 amide bonds. The van der Waals surface area contributed by atoms with Crippen LogP contribution < -0.4 is 10.1 Å². The summed E-state index contributed by atoms with van der Waals surface area (Å²) < 4.78 is 5.40. The summed E-state index contributed by atoms with van der Waals surface area (Å²) in [5.74, 6) is 0.557. The van der Waals surface area contributed by atoms with Gasteiger partial charge in [-0.15, -0.1) is 11.3 Å². The van der Waals surface area contributed by atoms with Crippen LogP contribution in [-0.4, -0.2) is 54.7 Å². The number of thiophene rings is 1. The molecule has 3 rings (SSSR count). The number of likely N-dealkylation sites (N-methyl/N-ethyl adjacent to an activating group) is 1. The number of ether oxygens (including phenoxy) is 1. The number of amides is 1. The SMILES string of the molecule is CCN1CCN([C@@H](c2cccs2)[C@H](C)NC(=O)Oc2ccccc2)CC1. The van der Waals surface area contributed by atoms with Crippen LogP contribution in [0.3, 0.4) is 0 Å². The van der Waals surface area contributed by atoms with Gasteiger partial charge in [-0.25, -0.2) is 4.79 Å². The smallest absolute Gasteiger partial charge is 0.410 e. The number of carbonyl (C=O) groups excluding carboxylic acids is 1. The van der Waals surface area contributed by atoms with Crippen molar-refractivity contribution in [2.45, 2.75) is 25.9 Å². The van der Waals surface area contributed by atoms with E-state index in [9.17, 15) is 4.79 Å². The van der Waals surface area contributed by atoms with E-state index in [-0.39, 0.29) is 12.1 Å². The first-order chi connectivity index (χ1) is 12.7. The van der Waals surface area contributed by atoms with Gasteiger partial charge in [0, 0.05) is 37.1 Å². The van der Waals surface area contributed by atoms with Gasteiger partial charge in [0.2, 0.25) is 0 Å². The first kappa shape index (κ1) is 18.9. The predicted octanol–water partition coefficient (Wildman–Crippen LogP) is 3.60. The monoisotopic (exact) mass is 373 g/mol. The number of nitrogens with zero attached hydrogens (tertiary/aromatic N) is 2. The van der Waals surface area contributed by atoms with Gasteiger partial charge in [-0.05, 0) is 37.0 Å². The Morgan fingerprint density at radius 1 is 1.15 bits per heavy atom. The van der Waals surface area contributed by atoms with Gasteiger partial charge in [-0.2, -0.15) is 0 Å². The highest BCUT2D eigenvalue weighted by Gasteiger charge is 2.30. The number of rotatable bonds is 6. The summed E-state index contributed by atoms with van der Waals surface area (Å²) in [5.41, 5.74) is 0. The number of benzene rings is 1. The Labute approximate surface area is 159 Å². The number of hydrogen-bond acceptors (Lipinski definition) is 5. The Hall–Kier alpha value is -1.89. The third-order valence-electron chi connectivity index (χ3n) is 4.86. The second-order valence-electron chi connectivity index (χ2n) is 6.57.